The molecule has 0 aliphatic carbocycles. The molecule has 3 aromatic rings. The first-order valence-corrected chi connectivity index (χ1v) is 8.55. The lowest BCUT2D eigenvalue weighted by Gasteiger charge is -2.11. The van der Waals surface area contributed by atoms with Gasteiger partial charge in [0.1, 0.15) is 5.82 Å². The molecule has 6 nitrogen and oxygen atoms in total. The summed E-state index contributed by atoms with van der Waals surface area (Å²) in [6.07, 6.45) is 0. The number of nitrogens with zero attached hydrogens (tertiary/aromatic N) is 4. The van der Waals surface area contributed by atoms with Crippen LogP contribution in [0.1, 0.15) is 22.0 Å². The van der Waals surface area contributed by atoms with Crippen LogP contribution in [0.3, 0.4) is 0 Å². The third-order valence-corrected chi connectivity index (χ3v) is 4.06. The van der Waals surface area contributed by atoms with Crippen LogP contribution >= 0.6 is 11.6 Å². The van der Waals surface area contributed by atoms with Gasteiger partial charge in [-0.05, 0) is 50.8 Å². The van der Waals surface area contributed by atoms with Crippen LogP contribution in [0, 0.1) is 6.92 Å². The fraction of sp³-hybridized carbons (Fsp3) is 0.211. The second kappa shape index (κ2) is 7.68. The van der Waals surface area contributed by atoms with E-state index in [2.05, 4.69) is 20.3 Å². The first kappa shape index (κ1) is 18.1. The quantitative estimate of drug-likeness (QED) is 0.747. The van der Waals surface area contributed by atoms with E-state index in [0.29, 0.717) is 22.2 Å². The molecule has 1 heterocycles. The third kappa shape index (κ3) is 4.09. The molecule has 26 heavy (non-hydrogen) atoms. The highest BCUT2D eigenvalue weighted by molar-refractivity contribution is 6.32. The zero-order valence-corrected chi connectivity index (χ0v) is 15.7. The second-order valence-electron chi connectivity index (χ2n) is 6.24. The molecule has 7 heteroatoms. The van der Waals surface area contributed by atoms with E-state index in [1.165, 1.54) is 0 Å². The molecule has 0 fully saturated rings. The fourth-order valence-corrected chi connectivity index (χ4v) is 2.85. The number of carbonyl (C=O) groups excluding carboxylic acids is 1. The maximum atomic E-state index is 12.5. The van der Waals surface area contributed by atoms with Gasteiger partial charge in [0.25, 0.3) is 5.91 Å². The number of amides is 1. The van der Waals surface area contributed by atoms with Crippen LogP contribution in [0.2, 0.25) is 5.02 Å². The number of nitrogens with one attached hydrogen (secondary N) is 1. The number of hydrogen-bond acceptors (Lipinski definition) is 4. The van der Waals surface area contributed by atoms with Gasteiger partial charge in [0.15, 0.2) is 0 Å². The molecule has 3 rings (SSSR count). The van der Waals surface area contributed by atoms with Crippen molar-refractivity contribution in [3.63, 3.8) is 0 Å². The van der Waals surface area contributed by atoms with E-state index in [0.717, 1.165) is 12.1 Å². The Kier molecular flexibility index (Phi) is 5.35. The van der Waals surface area contributed by atoms with Crippen LogP contribution in [-0.2, 0) is 6.54 Å². The minimum atomic E-state index is -0.360. The highest BCUT2D eigenvalue weighted by atomic mass is 35.5. The molecule has 0 saturated carbocycles. The lowest BCUT2D eigenvalue weighted by Crippen LogP contribution is -2.15. The van der Waals surface area contributed by atoms with E-state index in [1.54, 1.807) is 17.7 Å². The summed E-state index contributed by atoms with van der Waals surface area (Å²) in [7, 11) is 4.00. The molecule has 0 spiro atoms. The molecule has 2 aromatic carbocycles. The number of aromatic nitrogens is 3. The Labute approximate surface area is 157 Å². The molecule has 0 bridgehead atoms. The first-order chi connectivity index (χ1) is 12.4. The third-order valence-electron chi connectivity index (χ3n) is 3.74. The summed E-state index contributed by atoms with van der Waals surface area (Å²) in [4.78, 5) is 18.9. The Bertz CT molecular complexity index is 935. The summed E-state index contributed by atoms with van der Waals surface area (Å²) in [6.45, 7) is 2.58. The number of para-hydroxylation sites is 1. The standard InChI is InChI=1S/C19H20ClN5O/c1-13-21-18(23-25(13)17-10-5-4-9-16(17)20)19(26)22-15-8-6-7-14(11-15)12-24(2)3/h4-11H,12H2,1-3H3,(H,22,26). The number of hydrogen-bond donors (Lipinski definition) is 1. The molecule has 0 aliphatic rings. The maximum Gasteiger partial charge on any atom is 0.295 e. The average molecular weight is 370 g/mol. The molecule has 0 radical (unpaired) electrons. The lowest BCUT2D eigenvalue weighted by molar-refractivity contribution is 0.101. The van der Waals surface area contributed by atoms with Crippen molar-refractivity contribution < 1.29 is 4.79 Å². The van der Waals surface area contributed by atoms with E-state index in [9.17, 15) is 4.79 Å². The van der Waals surface area contributed by atoms with Gasteiger partial charge >= 0.3 is 0 Å². The summed E-state index contributed by atoms with van der Waals surface area (Å²) in [5, 5.41) is 7.70. The number of anilines is 1. The Morgan fingerprint density at radius 1 is 1.19 bits per heavy atom. The molecule has 0 atom stereocenters. The van der Waals surface area contributed by atoms with Gasteiger partial charge in [-0.2, -0.15) is 0 Å². The molecule has 0 aliphatic heterocycles. The average Bonchev–Trinajstić information content (AvgIpc) is 2.97. The highest BCUT2D eigenvalue weighted by Gasteiger charge is 2.16. The van der Waals surface area contributed by atoms with Crippen molar-refractivity contribution >= 4 is 23.2 Å². The largest absolute Gasteiger partial charge is 0.319 e. The van der Waals surface area contributed by atoms with Gasteiger partial charge in [-0.15, -0.1) is 5.10 Å². The van der Waals surface area contributed by atoms with Crippen LogP contribution in [0.5, 0.6) is 0 Å². The van der Waals surface area contributed by atoms with Crippen molar-refractivity contribution in [2.45, 2.75) is 13.5 Å². The summed E-state index contributed by atoms with van der Waals surface area (Å²) in [5.74, 6) is 0.325. The Morgan fingerprint density at radius 3 is 2.69 bits per heavy atom. The summed E-state index contributed by atoms with van der Waals surface area (Å²) >= 11 is 6.22. The van der Waals surface area contributed by atoms with Gasteiger partial charge < -0.3 is 10.2 Å². The van der Waals surface area contributed by atoms with Crippen LogP contribution in [0.25, 0.3) is 5.69 Å². The van der Waals surface area contributed by atoms with Crippen molar-refractivity contribution in [3.8, 4) is 5.69 Å². The summed E-state index contributed by atoms with van der Waals surface area (Å²) in [6, 6.07) is 15.0. The van der Waals surface area contributed by atoms with Crippen LogP contribution in [-0.4, -0.2) is 39.7 Å². The number of aryl methyl sites for hydroxylation is 1. The number of carbonyl (C=O) groups is 1. The monoisotopic (exact) mass is 369 g/mol. The lowest BCUT2D eigenvalue weighted by atomic mass is 10.2. The Balaban J connectivity index is 1.81. The van der Waals surface area contributed by atoms with Crippen LogP contribution in [0.4, 0.5) is 5.69 Å². The topological polar surface area (TPSA) is 63.1 Å². The van der Waals surface area contributed by atoms with Gasteiger partial charge in [0, 0.05) is 12.2 Å². The van der Waals surface area contributed by atoms with Crippen molar-refractivity contribution in [3.05, 3.63) is 70.8 Å². The molecule has 1 aromatic heterocycles. The van der Waals surface area contributed by atoms with Crippen LogP contribution in [0.15, 0.2) is 48.5 Å². The smallest absolute Gasteiger partial charge is 0.295 e. The number of benzene rings is 2. The molecule has 1 N–H and O–H groups in total. The van der Waals surface area contributed by atoms with E-state index >= 15 is 0 Å². The normalized spacial score (nSPS) is 11.0. The maximum absolute atomic E-state index is 12.5. The first-order valence-electron chi connectivity index (χ1n) is 8.17. The zero-order chi connectivity index (χ0) is 18.7. The van der Waals surface area contributed by atoms with Gasteiger partial charge in [-0.25, -0.2) is 9.67 Å². The van der Waals surface area contributed by atoms with Crippen molar-refractivity contribution in [2.75, 3.05) is 19.4 Å². The molecular weight excluding hydrogens is 350 g/mol. The zero-order valence-electron chi connectivity index (χ0n) is 14.9. The van der Waals surface area contributed by atoms with E-state index < -0.39 is 0 Å². The SMILES string of the molecule is Cc1nc(C(=O)Nc2cccc(CN(C)C)c2)nn1-c1ccccc1Cl. The molecule has 0 saturated heterocycles. The fourth-order valence-electron chi connectivity index (χ4n) is 2.64. The van der Waals surface area contributed by atoms with Gasteiger partial charge in [-0.1, -0.05) is 35.9 Å². The summed E-state index contributed by atoms with van der Waals surface area (Å²) < 4.78 is 1.57. The van der Waals surface area contributed by atoms with Gasteiger partial charge in [0.2, 0.25) is 5.82 Å². The highest BCUT2D eigenvalue weighted by Crippen LogP contribution is 2.20. The van der Waals surface area contributed by atoms with E-state index in [4.69, 9.17) is 11.6 Å². The predicted octanol–water partition coefficient (Wildman–Crippen LogP) is 3.54. The minimum absolute atomic E-state index is 0.0976. The molecule has 0 unspecified atom stereocenters. The Morgan fingerprint density at radius 2 is 1.96 bits per heavy atom. The van der Waals surface area contributed by atoms with Gasteiger partial charge in [0.05, 0.1) is 10.7 Å². The molecular formula is C19H20ClN5O. The second-order valence-corrected chi connectivity index (χ2v) is 6.65. The van der Waals surface area contributed by atoms with E-state index in [1.807, 2.05) is 56.6 Å². The number of rotatable bonds is 5. The number of halogens is 1. The minimum Gasteiger partial charge on any atom is -0.319 e. The van der Waals surface area contributed by atoms with Crippen molar-refractivity contribution in [2.24, 2.45) is 0 Å². The molecule has 1 amide bonds. The van der Waals surface area contributed by atoms with Crippen molar-refractivity contribution in [1.29, 1.82) is 0 Å². The van der Waals surface area contributed by atoms with Crippen LogP contribution < -0.4 is 5.32 Å². The Hall–Kier alpha value is -2.70. The molecule has 134 valence electrons. The predicted molar refractivity (Wildman–Crippen MR) is 103 cm³/mol. The van der Waals surface area contributed by atoms with Crippen molar-refractivity contribution in [1.82, 2.24) is 19.7 Å². The summed E-state index contributed by atoms with van der Waals surface area (Å²) in [5.41, 5.74) is 2.51. The van der Waals surface area contributed by atoms with E-state index in [-0.39, 0.29) is 11.7 Å². The van der Waals surface area contributed by atoms with Gasteiger partial charge in [-0.3, -0.25) is 4.79 Å².